The van der Waals surface area contributed by atoms with E-state index in [9.17, 15) is 10.4 Å². The van der Waals surface area contributed by atoms with Gasteiger partial charge in [-0.3, -0.25) is 0 Å². The van der Waals surface area contributed by atoms with Crippen molar-refractivity contribution in [2.45, 2.75) is 18.9 Å². The lowest BCUT2D eigenvalue weighted by Gasteiger charge is -2.34. The SMILES string of the molecule is N#CC1(C(O)c2cc(Br)c(Br)s2)CCCOC1. The van der Waals surface area contributed by atoms with E-state index in [0.29, 0.717) is 19.6 Å². The van der Waals surface area contributed by atoms with E-state index >= 15 is 0 Å². The largest absolute Gasteiger partial charge is 0.386 e. The molecule has 17 heavy (non-hydrogen) atoms. The van der Waals surface area contributed by atoms with Crippen LogP contribution in [0.25, 0.3) is 0 Å². The molecule has 2 heterocycles. The summed E-state index contributed by atoms with van der Waals surface area (Å²) in [5.74, 6) is 0. The molecule has 6 heteroatoms. The Labute approximate surface area is 121 Å². The van der Waals surface area contributed by atoms with Crippen molar-refractivity contribution >= 4 is 43.2 Å². The van der Waals surface area contributed by atoms with Gasteiger partial charge >= 0.3 is 0 Å². The highest BCUT2D eigenvalue weighted by Crippen LogP contribution is 2.45. The van der Waals surface area contributed by atoms with Crippen LogP contribution in [0.2, 0.25) is 0 Å². The molecular formula is C11H11Br2NO2S. The molecule has 1 fully saturated rings. The van der Waals surface area contributed by atoms with Gasteiger partial charge in [-0.25, -0.2) is 0 Å². The number of nitrogens with zero attached hydrogens (tertiary/aromatic N) is 1. The van der Waals surface area contributed by atoms with E-state index in [0.717, 1.165) is 19.6 Å². The van der Waals surface area contributed by atoms with Crippen LogP contribution in [0.5, 0.6) is 0 Å². The fourth-order valence-electron chi connectivity index (χ4n) is 1.95. The summed E-state index contributed by atoms with van der Waals surface area (Å²) in [7, 11) is 0. The second-order valence-corrected chi connectivity index (χ2v) is 7.35. The van der Waals surface area contributed by atoms with E-state index in [1.807, 2.05) is 6.07 Å². The number of hydrogen-bond donors (Lipinski definition) is 1. The van der Waals surface area contributed by atoms with Crippen molar-refractivity contribution in [1.82, 2.24) is 0 Å². The minimum absolute atomic E-state index is 0.303. The Kier molecular flexibility index (Phi) is 4.26. The zero-order valence-corrected chi connectivity index (χ0v) is 12.9. The van der Waals surface area contributed by atoms with Gasteiger partial charge in [0.15, 0.2) is 0 Å². The molecule has 0 saturated carbocycles. The van der Waals surface area contributed by atoms with Crippen LogP contribution in [0.4, 0.5) is 0 Å². The molecule has 0 aliphatic carbocycles. The maximum absolute atomic E-state index is 10.4. The Morgan fingerprint density at radius 2 is 2.35 bits per heavy atom. The third-order valence-electron chi connectivity index (χ3n) is 2.95. The summed E-state index contributed by atoms with van der Waals surface area (Å²) in [5, 5.41) is 19.7. The van der Waals surface area contributed by atoms with Crippen molar-refractivity contribution in [2.75, 3.05) is 13.2 Å². The highest BCUT2D eigenvalue weighted by Gasteiger charge is 2.42. The first kappa shape index (κ1) is 13.5. The number of ether oxygens (including phenoxy) is 1. The van der Waals surface area contributed by atoms with Gasteiger partial charge in [-0.05, 0) is 50.8 Å². The Morgan fingerprint density at radius 1 is 1.59 bits per heavy atom. The van der Waals surface area contributed by atoms with Crippen LogP contribution in [0.3, 0.4) is 0 Å². The van der Waals surface area contributed by atoms with Gasteiger partial charge in [-0.1, -0.05) is 0 Å². The molecule has 2 rings (SSSR count). The predicted octanol–water partition coefficient (Wildman–Crippen LogP) is 3.63. The second kappa shape index (κ2) is 5.37. The van der Waals surface area contributed by atoms with E-state index in [1.165, 1.54) is 11.3 Å². The molecule has 92 valence electrons. The fourth-order valence-corrected chi connectivity index (χ4v) is 4.15. The topological polar surface area (TPSA) is 53.2 Å². The summed E-state index contributed by atoms with van der Waals surface area (Å²) in [4.78, 5) is 0.788. The smallest absolute Gasteiger partial charge is 0.111 e. The average Bonchev–Trinajstić information content (AvgIpc) is 2.69. The first-order valence-corrected chi connectivity index (χ1v) is 7.61. The van der Waals surface area contributed by atoms with Gasteiger partial charge in [0.25, 0.3) is 0 Å². The lowest BCUT2D eigenvalue weighted by molar-refractivity contribution is -0.0492. The third kappa shape index (κ3) is 2.59. The number of aliphatic hydroxyl groups is 1. The molecule has 1 saturated heterocycles. The highest BCUT2D eigenvalue weighted by atomic mass is 79.9. The summed E-state index contributed by atoms with van der Waals surface area (Å²) < 4.78 is 7.19. The third-order valence-corrected chi connectivity index (χ3v) is 6.26. The zero-order chi connectivity index (χ0) is 12.5. The van der Waals surface area contributed by atoms with Crippen molar-refractivity contribution < 1.29 is 9.84 Å². The van der Waals surface area contributed by atoms with Gasteiger partial charge in [0, 0.05) is 16.0 Å². The molecule has 0 spiro atoms. The van der Waals surface area contributed by atoms with E-state index in [4.69, 9.17) is 4.74 Å². The van der Waals surface area contributed by atoms with Crippen LogP contribution in [0, 0.1) is 16.7 Å². The van der Waals surface area contributed by atoms with Crippen molar-refractivity contribution in [3.05, 3.63) is 19.2 Å². The van der Waals surface area contributed by atoms with Gasteiger partial charge in [0.05, 0.1) is 16.5 Å². The molecule has 1 aromatic heterocycles. The Morgan fingerprint density at radius 3 is 2.82 bits per heavy atom. The van der Waals surface area contributed by atoms with Crippen molar-refractivity contribution in [2.24, 2.45) is 5.41 Å². The molecule has 0 aromatic carbocycles. The van der Waals surface area contributed by atoms with E-state index in [1.54, 1.807) is 0 Å². The van der Waals surface area contributed by atoms with Crippen molar-refractivity contribution in [3.8, 4) is 6.07 Å². The number of aliphatic hydroxyl groups excluding tert-OH is 1. The number of halogens is 2. The molecule has 1 N–H and O–H groups in total. The molecule has 1 aliphatic heterocycles. The van der Waals surface area contributed by atoms with Crippen LogP contribution in [-0.4, -0.2) is 18.3 Å². The van der Waals surface area contributed by atoms with Crippen molar-refractivity contribution in [1.29, 1.82) is 5.26 Å². The molecule has 0 bridgehead atoms. The minimum atomic E-state index is -0.804. The Balaban J connectivity index is 2.28. The van der Waals surface area contributed by atoms with E-state index < -0.39 is 11.5 Å². The molecule has 1 aromatic rings. The van der Waals surface area contributed by atoms with Gasteiger partial charge < -0.3 is 9.84 Å². The van der Waals surface area contributed by atoms with Crippen LogP contribution >= 0.6 is 43.2 Å². The summed E-state index contributed by atoms with van der Waals surface area (Å²) >= 11 is 8.22. The Bertz CT molecular complexity index is 429. The van der Waals surface area contributed by atoms with Crippen LogP contribution in [0.15, 0.2) is 14.3 Å². The predicted molar refractivity (Wildman–Crippen MR) is 72.8 cm³/mol. The monoisotopic (exact) mass is 379 g/mol. The zero-order valence-electron chi connectivity index (χ0n) is 8.95. The molecule has 1 aliphatic rings. The quantitative estimate of drug-likeness (QED) is 0.852. The number of rotatable bonds is 2. The number of hydrogen-bond acceptors (Lipinski definition) is 4. The summed E-state index contributed by atoms with van der Waals surface area (Å²) in [5.41, 5.74) is -0.804. The summed E-state index contributed by atoms with van der Waals surface area (Å²) in [6, 6.07) is 4.10. The van der Waals surface area contributed by atoms with Gasteiger partial charge in [0.2, 0.25) is 0 Å². The van der Waals surface area contributed by atoms with Gasteiger partial charge in [0.1, 0.15) is 11.5 Å². The number of thiophene rings is 1. The molecular weight excluding hydrogens is 370 g/mol. The second-order valence-electron chi connectivity index (χ2n) is 4.10. The summed E-state index contributed by atoms with van der Waals surface area (Å²) in [6.07, 6.45) is 0.705. The molecule has 2 atom stereocenters. The standard InChI is InChI=1S/C11H11Br2NO2S/c12-7-4-8(17-10(7)13)9(15)11(5-14)2-1-3-16-6-11/h4,9,15H,1-3,6H2. The maximum atomic E-state index is 10.4. The first-order valence-electron chi connectivity index (χ1n) is 5.21. The van der Waals surface area contributed by atoms with Gasteiger partial charge in [-0.2, -0.15) is 5.26 Å². The normalized spacial score (nSPS) is 26.5. The van der Waals surface area contributed by atoms with Crippen LogP contribution in [-0.2, 0) is 4.74 Å². The highest BCUT2D eigenvalue weighted by molar-refractivity contribution is 9.13. The van der Waals surface area contributed by atoms with Crippen molar-refractivity contribution in [3.63, 3.8) is 0 Å². The lowest BCUT2D eigenvalue weighted by atomic mass is 9.78. The van der Waals surface area contributed by atoms with E-state index in [-0.39, 0.29) is 0 Å². The average molecular weight is 381 g/mol. The summed E-state index contributed by atoms with van der Waals surface area (Å²) in [6.45, 7) is 0.978. The van der Waals surface area contributed by atoms with Crippen LogP contribution < -0.4 is 0 Å². The van der Waals surface area contributed by atoms with Gasteiger partial charge in [-0.15, -0.1) is 11.3 Å². The fraction of sp³-hybridized carbons (Fsp3) is 0.545. The maximum Gasteiger partial charge on any atom is 0.111 e. The Hall–Kier alpha value is 0.0700. The minimum Gasteiger partial charge on any atom is -0.386 e. The van der Waals surface area contributed by atoms with E-state index in [2.05, 4.69) is 37.9 Å². The molecule has 3 nitrogen and oxygen atoms in total. The molecule has 2 unspecified atom stereocenters. The first-order chi connectivity index (χ1) is 8.09. The lowest BCUT2D eigenvalue weighted by Crippen LogP contribution is -2.36. The molecule has 0 radical (unpaired) electrons. The van der Waals surface area contributed by atoms with Crippen LogP contribution in [0.1, 0.15) is 23.8 Å². The number of nitriles is 1. The molecule has 0 amide bonds.